The van der Waals surface area contributed by atoms with E-state index in [1.165, 1.54) is 27.8 Å². The van der Waals surface area contributed by atoms with Crippen molar-refractivity contribution in [1.82, 2.24) is 5.73 Å². The minimum atomic E-state index is -0.585. The van der Waals surface area contributed by atoms with Gasteiger partial charge in [-0.05, 0) is 76.1 Å². The molecule has 0 fully saturated rings. The molecule has 0 spiro atoms. The third-order valence-corrected chi connectivity index (χ3v) is 6.95. The van der Waals surface area contributed by atoms with Gasteiger partial charge in [0.05, 0.1) is 0 Å². The van der Waals surface area contributed by atoms with Crippen LogP contribution in [0.15, 0.2) is 28.2 Å². The molecule has 2 aromatic carbocycles. The van der Waals surface area contributed by atoms with Crippen LogP contribution in [0.2, 0.25) is 0 Å². The molecule has 139 valence electrons. The smallest absolute Gasteiger partial charge is 0.267 e. The number of carbonyl (C=O) groups is 1. The predicted molar refractivity (Wildman–Crippen MR) is 115 cm³/mol. The molecule has 2 nitrogen and oxygen atoms in total. The Labute approximate surface area is 170 Å². The van der Waals surface area contributed by atoms with Crippen molar-refractivity contribution in [3.05, 3.63) is 61.6 Å². The van der Waals surface area contributed by atoms with Crippen LogP contribution in [-0.2, 0) is 24.7 Å². The lowest BCUT2D eigenvalue weighted by Crippen LogP contribution is -2.13. The van der Waals surface area contributed by atoms with Gasteiger partial charge in [-0.3, -0.25) is 10.5 Å². The summed E-state index contributed by atoms with van der Waals surface area (Å²) in [6.45, 7) is 8.89. The highest BCUT2D eigenvalue weighted by molar-refractivity contribution is 9.10. The Hall–Kier alpha value is -1.87. The molecule has 1 amide bonds. The van der Waals surface area contributed by atoms with Gasteiger partial charge in [0.25, 0.3) is 5.91 Å². The maximum absolute atomic E-state index is 12.2. The summed E-state index contributed by atoms with van der Waals surface area (Å²) in [6, 6.07) is 6.52. The standard InChI is InChI=1S/C24H25BrNO/c1-5-13-8-15-10-16(24(2,3)4)12-19(18(15)9-13)21-17-7-6-14(22(17)25)11-20(21)23(26)27/h8,10-12,26H,5-7,9H2,1-4H3. The minimum absolute atomic E-state index is 0.0231. The van der Waals surface area contributed by atoms with Crippen LogP contribution in [0.1, 0.15) is 72.3 Å². The molecule has 0 atom stereocenters. The average molecular weight is 423 g/mol. The molecule has 1 radical (unpaired) electrons. The number of fused-ring (bicyclic) bond motifs is 3. The van der Waals surface area contributed by atoms with Gasteiger partial charge in [-0.15, -0.1) is 0 Å². The van der Waals surface area contributed by atoms with E-state index in [1.54, 1.807) is 0 Å². The predicted octanol–water partition coefficient (Wildman–Crippen LogP) is 6.28. The van der Waals surface area contributed by atoms with Crippen LogP contribution in [0.25, 0.3) is 17.2 Å². The van der Waals surface area contributed by atoms with Crippen molar-refractivity contribution in [2.45, 2.75) is 58.8 Å². The molecule has 4 rings (SSSR count). The zero-order valence-electron chi connectivity index (χ0n) is 16.4. The second kappa shape index (κ2) is 6.34. The first-order chi connectivity index (χ1) is 12.7. The highest BCUT2D eigenvalue weighted by Gasteiger charge is 2.29. The number of hydrogen-bond acceptors (Lipinski definition) is 1. The molecule has 27 heavy (non-hydrogen) atoms. The Kier molecular flexibility index (Phi) is 4.34. The molecule has 0 saturated carbocycles. The van der Waals surface area contributed by atoms with Gasteiger partial charge in [0.1, 0.15) is 0 Å². The van der Waals surface area contributed by atoms with E-state index in [-0.39, 0.29) is 5.41 Å². The van der Waals surface area contributed by atoms with E-state index in [4.69, 9.17) is 5.73 Å². The number of carbonyl (C=O) groups excluding carboxylic acids is 1. The number of allylic oxidation sites excluding steroid dienone is 1. The lowest BCUT2D eigenvalue weighted by atomic mass is 9.81. The zero-order valence-corrected chi connectivity index (χ0v) is 18.0. The monoisotopic (exact) mass is 422 g/mol. The number of hydrogen-bond donors (Lipinski definition) is 0. The summed E-state index contributed by atoms with van der Waals surface area (Å²) >= 11 is 3.75. The molecule has 0 saturated heterocycles. The van der Waals surface area contributed by atoms with Crippen molar-refractivity contribution in [1.29, 1.82) is 0 Å². The Bertz CT molecular complexity index is 1010. The molecule has 1 N–H and O–H groups in total. The lowest BCUT2D eigenvalue weighted by Gasteiger charge is -2.24. The summed E-state index contributed by atoms with van der Waals surface area (Å²) in [7, 11) is 0. The van der Waals surface area contributed by atoms with Crippen LogP contribution < -0.4 is 5.73 Å². The van der Waals surface area contributed by atoms with Crippen molar-refractivity contribution in [3.8, 4) is 11.1 Å². The summed E-state index contributed by atoms with van der Waals surface area (Å²) in [4.78, 5) is 12.2. The second-order valence-electron chi connectivity index (χ2n) is 8.75. The van der Waals surface area contributed by atoms with Crippen LogP contribution in [0.4, 0.5) is 0 Å². The van der Waals surface area contributed by atoms with Crippen LogP contribution in [0.3, 0.4) is 0 Å². The van der Waals surface area contributed by atoms with Gasteiger partial charge in [-0.2, -0.15) is 0 Å². The Morgan fingerprint density at radius 1 is 1.15 bits per heavy atom. The number of amides is 1. The highest BCUT2D eigenvalue weighted by Crippen LogP contribution is 2.45. The first-order valence-corrected chi connectivity index (χ1v) is 10.5. The molecular formula is C24H25BrNO. The van der Waals surface area contributed by atoms with E-state index in [1.807, 2.05) is 6.07 Å². The fourth-order valence-electron chi connectivity index (χ4n) is 4.34. The molecule has 0 aromatic heterocycles. The molecule has 0 aliphatic heterocycles. The van der Waals surface area contributed by atoms with Gasteiger partial charge in [0.2, 0.25) is 0 Å². The average Bonchev–Trinajstić information content (AvgIpc) is 3.10. The molecule has 0 unspecified atom stereocenters. The quantitative estimate of drug-likeness (QED) is 0.572. The van der Waals surface area contributed by atoms with Crippen LogP contribution in [0, 0.1) is 0 Å². The highest BCUT2D eigenvalue weighted by atomic mass is 79.9. The number of nitrogens with one attached hydrogen (secondary N) is 1. The van der Waals surface area contributed by atoms with Crippen molar-refractivity contribution in [3.63, 3.8) is 0 Å². The number of rotatable bonds is 3. The molecule has 2 aliphatic carbocycles. The third kappa shape index (κ3) is 2.97. The van der Waals surface area contributed by atoms with Gasteiger partial charge in [-0.25, -0.2) is 0 Å². The topological polar surface area (TPSA) is 40.9 Å². The lowest BCUT2D eigenvalue weighted by molar-refractivity contribution is 0.0992. The molecule has 2 bridgehead atoms. The van der Waals surface area contributed by atoms with Crippen LogP contribution in [0.5, 0.6) is 0 Å². The van der Waals surface area contributed by atoms with Crippen molar-refractivity contribution < 1.29 is 4.79 Å². The van der Waals surface area contributed by atoms with Gasteiger partial charge in [0, 0.05) is 10.0 Å². The molecule has 2 aliphatic rings. The second-order valence-corrected chi connectivity index (χ2v) is 9.55. The fraction of sp³-hybridized carbons (Fsp3) is 0.375. The van der Waals surface area contributed by atoms with E-state index in [0.29, 0.717) is 5.56 Å². The third-order valence-electron chi connectivity index (χ3n) is 5.96. The van der Waals surface area contributed by atoms with Gasteiger partial charge in [-0.1, -0.05) is 67.4 Å². The SMILES string of the molecule is CCC1=Cc2cc(C(C)(C)C)cc(-c3c(C([NH])=O)cc4c(Br)c3CC4)c2C1. The fourth-order valence-corrected chi connectivity index (χ4v) is 5.05. The van der Waals surface area contributed by atoms with Gasteiger partial charge in [0.15, 0.2) is 0 Å². The first-order valence-electron chi connectivity index (χ1n) is 9.68. The zero-order chi connectivity index (χ0) is 19.5. The van der Waals surface area contributed by atoms with Crippen LogP contribution in [-0.4, -0.2) is 5.91 Å². The number of benzene rings is 2. The Balaban J connectivity index is 2.05. The van der Waals surface area contributed by atoms with E-state index < -0.39 is 5.91 Å². The van der Waals surface area contributed by atoms with Gasteiger partial charge >= 0.3 is 0 Å². The van der Waals surface area contributed by atoms with E-state index in [0.717, 1.165) is 46.8 Å². The van der Waals surface area contributed by atoms with E-state index >= 15 is 0 Å². The first kappa shape index (κ1) is 18.5. The molecule has 0 heterocycles. The number of halogens is 1. The van der Waals surface area contributed by atoms with E-state index in [2.05, 4.69) is 61.8 Å². The maximum Gasteiger partial charge on any atom is 0.270 e. The summed E-state index contributed by atoms with van der Waals surface area (Å²) in [5.41, 5.74) is 18.2. The van der Waals surface area contributed by atoms with Crippen LogP contribution >= 0.6 is 15.9 Å². The maximum atomic E-state index is 12.2. The minimum Gasteiger partial charge on any atom is -0.267 e. The molecule has 3 heteroatoms. The summed E-state index contributed by atoms with van der Waals surface area (Å²) in [5, 5.41) is 0. The number of aryl methyl sites for hydroxylation is 1. The normalized spacial score (nSPS) is 15.1. The summed E-state index contributed by atoms with van der Waals surface area (Å²) < 4.78 is 1.12. The Morgan fingerprint density at radius 3 is 2.52 bits per heavy atom. The largest absolute Gasteiger partial charge is 0.270 e. The van der Waals surface area contributed by atoms with Crippen molar-refractivity contribution >= 4 is 27.9 Å². The molecule has 2 aromatic rings. The summed E-state index contributed by atoms with van der Waals surface area (Å²) in [5.74, 6) is -0.585. The van der Waals surface area contributed by atoms with Crippen molar-refractivity contribution in [2.75, 3.05) is 0 Å². The molecular weight excluding hydrogens is 398 g/mol. The summed E-state index contributed by atoms with van der Waals surface area (Å²) in [6.07, 6.45) is 6.17. The van der Waals surface area contributed by atoms with Crippen molar-refractivity contribution in [2.24, 2.45) is 0 Å². The van der Waals surface area contributed by atoms with Gasteiger partial charge < -0.3 is 0 Å². The Morgan fingerprint density at radius 2 is 1.89 bits per heavy atom. The van der Waals surface area contributed by atoms with E-state index in [9.17, 15) is 4.79 Å².